The Kier molecular flexibility index (Phi) is 2.79. The van der Waals surface area contributed by atoms with Crippen LogP contribution in [0.25, 0.3) is 10.4 Å². The lowest BCUT2D eigenvalue weighted by molar-refractivity contribution is 0.330. The van der Waals surface area contributed by atoms with Crippen LogP contribution in [0.1, 0.15) is 6.92 Å². The van der Waals surface area contributed by atoms with Crippen molar-refractivity contribution in [3.05, 3.63) is 35.8 Å². The summed E-state index contributed by atoms with van der Waals surface area (Å²) in [5.41, 5.74) is 3.98. The van der Waals surface area contributed by atoms with Gasteiger partial charge in [0.25, 0.3) is 0 Å². The van der Waals surface area contributed by atoms with Crippen LogP contribution >= 0.6 is 11.3 Å². The lowest BCUT2D eigenvalue weighted by atomic mass is 10.2. The molecule has 3 heteroatoms. The molecule has 0 saturated carbocycles. The lowest BCUT2D eigenvalue weighted by Gasteiger charge is -2.02. The van der Waals surface area contributed by atoms with Gasteiger partial charge in [0.15, 0.2) is 5.51 Å². The third kappa shape index (κ3) is 1.77. The van der Waals surface area contributed by atoms with Crippen molar-refractivity contribution in [2.24, 2.45) is 0 Å². The van der Waals surface area contributed by atoms with Gasteiger partial charge in [-0.3, -0.25) is 0 Å². The summed E-state index contributed by atoms with van der Waals surface area (Å²) in [6.45, 7) is 2.59. The van der Waals surface area contributed by atoms with Crippen molar-refractivity contribution in [1.82, 2.24) is 4.98 Å². The van der Waals surface area contributed by atoms with Gasteiger partial charge in [0.05, 0.1) is 11.5 Å². The molecular weight excluding hydrogens is 194 g/mol. The second-order valence-corrected chi connectivity index (χ2v) is 3.53. The van der Waals surface area contributed by atoms with E-state index >= 15 is 0 Å². The van der Waals surface area contributed by atoms with E-state index in [0.29, 0.717) is 12.5 Å². The fourth-order valence-electron chi connectivity index (χ4n) is 1.21. The van der Waals surface area contributed by atoms with E-state index in [1.807, 2.05) is 37.3 Å². The molecule has 2 rings (SSSR count). The predicted octanol–water partition coefficient (Wildman–Crippen LogP) is 3.01. The minimum absolute atomic E-state index is 0.636. The third-order valence-electron chi connectivity index (χ3n) is 1.81. The van der Waals surface area contributed by atoms with Crippen LogP contribution in [0.5, 0.6) is 5.88 Å². The van der Waals surface area contributed by atoms with Gasteiger partial charge in [0.2, 0.25) is 5.88 Å². The maximum atomic E-state index is 5.40. The Bertz CT molecular complexity index is 397. The number of nitrogens with zero attached hydrogens (tertiary/aromatic N) is 1. The van der Waals surface area contributed by atoms with Gasteiger partial charge in [-0.1, -0.05) is 30.3 Å². The summed E-state index contributed by atoms with van der Waals surface area (Å²) in [6, 6.07) is 10.1. The first-order chi connectivity index (χ1) is 6.92. The van der Waals surface area contributed by atoms with Gasteiger partial charge in [-0.05, 0) is 12.5 Å². The summed E-state index contributed by atoms with van der Waals surface area (Å²) >= 11 is 1.48. The fraction of sp³-hybridized carbons (Fsp3) is 0.182. The van der Waals surface area contributed by atoms with Gasteiger partial charge >= 0.3 is 0 Å². The molecule has 2 nitrogen and oxygen atoms in total. The second-order valence-electron chi connectivity index (χ2n) is 2.74. The summed E-state index contributed by atoms with van der Waals surface area (Å²) in [5.74, 6) is 0.684. The molecule has 14 heavy (non-hydrogen) atoms. The summed E-state index contributed by atoms with van der Waals surface area (Å²) in [6.07, 6.45) is 0. The topological polar surface area (TPSA) is 22.1 Å². The Morgan fingerprint density at radius 3 is 2.86 bits per heavy atom. The van der Waals surface area contributed by atoms with Gasteiger partial charge in [-0.25, -0.2) is 0 Å². The van der Waals surface area contributed by atoms with Crippen molar-refractivity contribution in [2.75, 3.05) is 6.61 Å². The van der Waals surface area contributed by atoms with Crippen molar-refractivity contribution in [1.29, 1.82) is 0 Å². The standard InChI is InChI=1S/C11H10NOS/c1-2-13-11-10(14-8-12-11)9-6-4-3-5-7-9/h3-7H,2H2,1H3. The number of aromatic nitrogens is 1. The van der Waals surface area contributed by atoms with Gasteiger partial charge in [-0.15, -0.1) is 11.3 Å². The van der Waals surface area contributed by atoms with Crippen LogP contribution < -0.4 is 4.74 Å². The van der Waals surface area contributed by atoms with E-state index < -0.39 is 0 Å². The number of rotatable bonds is 3. The Hall–Kier alpha value is -1.35. The van der Waals surface area contributed by atoms with Gasteiger partial charge in [-0.2, -0.15) is 4.98 Å². The van der Waals surface area contributed by atoms with Crippen LogP contribution in [0.15, 0.2) is 30.3 Å². The summed E-state index contributed by atoms with van der Waals surface area (Å²) in [7, 11) is 0. The Morgan fingerprint density at radius 1 is 1.36 bits per heavy atom. The molecule has 0 fully saturated rings. The molecule has 0 saturated heterocycles. The zero-order valence-electron chi connectivity index (χ0n) is 7.86. The van der Waals surface area contributed by atoms with Crippen LogP contribution in [-0.4, -0.2) is 11.6 Å². The Morgan fingerprint density at radius 2 is 2.14 bits per heavy atom. The van der Waals surface area contributed by atoms with E-state index in [2.05, 4.69) is 10.5 Å². The average Bonchev–Trinajstić information content (AvgIpc) is 2.68. The quantitative estimate of drug-likeness (QED) is 0.766. The highest BCUT2D eigenvalue weighted by molar-refractivity contribution is 7.13. The number of ether oxygens (including phenoxy) is 1. The van der Waals surface area contributed by atoms with Crippen molar-refractivity contribution in [2.45, 2.75) is 6.92 Å². The molecule has 0 unspecified atom stereocenters. The predicted molar refractivity (Wildman–Crippen MR) is 57.6 cm³/mol. The smallest absolute Gasteiger partial charge is 0.233 e. The maximum absolute atomic E-state index is 5.40. The molecule has 1 heterocycles. The minimum Gasteiger partial charge on any atom is -0.477 e. The van der Waals surface area contributed by atoms with Crippen LogP contribution in [0.3, 0.4) is 0 Å². The van der Waals surface area contributed by atoms with Gasteiger partial charge in [0.1, 0.15) is 0 Å². The van der Waals surface area contributed by atoms with Crippen molar-refractivity contribution in [3.63, 3.8) is 0 Å². The Labute approximate surface area is 87.2 Å². The molecule has 0 amide bonds. The van der Waals surface area contributed by atoms with E-state index in [1.165, 1.54) is 11.3 Å². The maximum Gasteiger partial charge on any atom is 0.233 e. The van der Waals surface area contributed by atoms with E-state index in [0.717, 1.165) is 10.4 Å². The first-order valence-corrected chi connectivity index (χ1v) is 5.28. The zero-order chi connectivity index (χ0) is 9.80. The highest BCUT2D eigenvalue weighted by Gasteiger charge is 2.08. The molecule has 71 valence electrons. The molecule has 0 aliphatic rings. The van der Waals surface area contributed by atoms with Crippen LogP contribution in [0.2, 0.25) is 0 Å². The van der Waals surface area contributed by atoms with Crippen molar-refractivity contribution in [3.8, 4) is 16.3 Å². The van der Waals surface area contributed by atoms with E-state index in [4.69, 9.17) is 4.74 Å². The molecule has 0 spiro atoms. The van der Waals surface area contributed by atoms with Crippen LogP contribution in [-0.2, 0) is 0 Å². The van der Waals surface area contributed by atoms with E-state index in [-0.39, 0.29) is 0 Å². The number of hydrogen-bond donors (Lipinski definition) is 0. The molecule has 1 radical (unpaired) electrons. The highest BCUT2D eigenvalue weighted by atomic mass is 32.1. The van der Waals surface area contributed by atoms with E-state index in [1.54, 1.807) is 0 Å². The molecule has 0 aliphatic carbocycles. The molecular formula is C11H10NOS. The minimum atomic E-state index is 0.636. The monoisotopic (exact) mass is 204 g/mol. The first kappa shape index (κ1) is 9.21. The SMILES string of the molecule is CCOc1n[c]sc1-c1ccccc1. The summed E-state index contributed by atoms with van der Waals surface area (Å²) < 4.78 is 5.40. The molecule has 0 bridgehead atoms. The highest BCUT2D eigenvalue weighted by Crippen LogP contribution is 2.32. The number of benzene rings is 1. The fourth-order valence-corrected chi connectivity index (χ4v) is 1.88. The number of thiazole rings is 1. The lowest BCUT2D eigenvalue weighted by Crippen LogP contribution is -1.92. The average molecular weight is 204 g/mol. The van der Waals surface area contributed by atoms with Gasteiger partial charge < -0.3 is 4.74 Å². The second kappa shape index (κ2) is 4.24. The molecule has 1 aromatic carbocycles. The molecule has 0 aliphatic heterocycles. The Balaban J connectivity index is 2.37. The largest absolute Gasteiger partial charge is 0.477 e. The van der Waals surface area contributed by atoms with Crippen molar-refractivity contribution < 1.29 is 4.74 Å². The van der Waals surface area contributed by atoms with E-state index in [9.17, 15) is 0 Å². The molecule has 0 atom stereocenters. The summed E-state index contributed by atoms with van der Waals surface area (Å²) in [4.78, 5) is 5.10. The molecule has 2 aromatic rings. The van der Waals surface area contributed by atoms with Crippen LogP contribution in [0.4, 0.5) is 0 Å². The van der Waals surface area contributed by atoms with Gasteiger partial charge in [0, 0.05) is 0 Å². The zero-order valence-corrected chi connectivity index (χ0v) is 8.67. The van der Waals surface area contributed by atoms with Crippen LogP contribution in [0, 0.1) is 5.51 Å². The van der Waals surface area contributed by atoms with Crippen molar-refractivity contribution >= 4 is 11.3 Å². The molecule has 0 N–H and O–H groups in total. The molecule has 1 aromatic heterocycles. The number of hydrogen-bond acceptors (Lipinski definition) is 3. The normalized spacial score (nSPS) is 10.1. The summed E-state index contributed by atoms with van der Waals surface area (Å²) in [5, 5.41) is 0. The third-order valence-corrected chi connectivity index (χ3v) is 2.60. The first-order valence-electron chi connectivity index (χ1n) is 4.47.